The van der Waals surface area contributed by atoms with Crippen LogP contribution in [-0.4, -0.2) is 33.5 Å². The van der Waals surface area contributed by atoms with E-state index in [1.54, 1.807) is 30.3 Å². The van der Waals surface area contributed by atoms with E-state index in [4.69, 9.17) is 16.3 Å². The second-order valence-electron chi connectivity index (χ2n) is 8.57. The third kappa shape index (κ3) is 7.73. The van der Waals surface area contributed by atoms with E-state index in [0.29, 0.717) is 23.7 Å². The Morgan fingerprint density at radius 3 is 2.43 bits per heavy atom. The first-order chi connectivity index (χ1) is 16.6. The summed E-state index contributed by atoms with van der Waals surface area (Å²) in [6.07, 6.45) is 1.57. The number of hydrogen-bond donors (Lipinski definition) is 1. The SMILES string of the molecule is Cc1ccc(S(=O)(=O)N(CC(=O)NCCCc2cccc(OC(C)C)c2)c2cccc(Cl)c2)cc1. The highest BCUT2D eigenvalue weighted by atomic mass is 35.5. The van der Waals surface area contributed by atoms with Crippen molar-refractivity contribution in [1.82, 2.24) is 5.32 Å². The van der Waals surface area contributed by atoms with E-state index in [2.05, 4.69) is 5.32 Å². The molecular formula is C27H31ClN2O4S. The molecule has 0 bridgehead atoms. The lowest BCUT2D eigenvalue weighted by atomic mass is 10.1. The molecule has 0 fully saturated rings. The third-order valence-corrected chi connectivity index (χ3v) is 7.25. The third-order valence-electron chi connectivity index (χ3n) is 5.23. The highest BCUT2D eigenvalue weighted by molar-refractivity contribution is 7.92. The molecule has 1 N–H and O–H groups in total. The molecule has 0 saturated carbocycles. The first-order valence-electron chi connectivity index (χ1n) is 11.5. The summed E-state index contributed by atoms with van der Waals surface area (Å²) in [6, 6.07) is 20.9. The smallest absolute Gasteiger partial charge is 0.264 e. The minimum Gasteiger partial charge on any atom is -0.491 e. The van der Waals surface area contributed by atoms with Crippen LogP contribution in [0.25, 0.3) is 0 Å². The largest absolute Gasteiger partial charge is 0.491 e. The number of carbonyl (C=O) groups excluding carboxylic acids is 1. The predicted molar refractivity (Wildman–Crippen MR) is 141 cm³/mol. The van der Waals surface area contributed by atoms with Crippen molar-refractivity contribution >= 4 is 33.2 Å². The molecule has 0 aromatic heterocycles. The molecule has 0 spiro atoms. The van der Waals surface area contributed by atoms with Crippen LogP contribution in [0.2, 0.25) is 5.02 Å². The highest BCUT2D eigenvalue weighted by Gasteiger charge is 2.27. The Bertz CT molecular complexity index is 1240. The van der Waals surface area contributed by atoms with Crippen LogP contribution in [-0.2, 0) is 21.2 Å². The normalized spacial score (nSPS) is 11.3. The summed E-state index contributed by atoms with van der Waals surface area (Å²) in [5.74, 6) is 0.428. The van der Waals surface area contributed by atoms with Crippen molar-refractivity contribution in [3.8, 4) is 5.75 Å². The van der Waals surface area contributed by atoms with Gasteiger partial charge in [-0.3, -0.25) is 9.10 Å². The van der Waals surface area contributed by atoms with Crippen LogP contribution in [0.5, 0.6) is 5.75 Å². The van der Waals surface area contributed by atoms with Crippen LogP contribution >= 0.6 is 11.6 Å². The Kier molecular flexibility index (Phi) is 9.18. The number of anilines is 1. The Morgan fingerprint density at radius 1 is 1.03 bits per heavy atom. The fourth-order valence-electron chi connectivity index (χ4n) is 3.54. The van der Waals surface area contributed by atoms with E-state index in [-0.39, 0.29) is 17.5 Å². The second kappa shape index (κ2) is 12.1. The van der Waals surface area contributed by atoms with E-state index < -0.39 is 15.9 Å². The van der Waals surface area contributed by atoms with Gasteiger partial charge in [-0.1, -0.05) is 47.5 Å². The molecule has 6 nitrogen and oxygen atoms in total. The number of hydrogen-bond acceptors (Lipinski definition) is 4. The Labute approximate surface area is 212 Å². The van der Waals surface area contributed by atoms with Crippen LogP contribution in [0.3, 0.4) is 0 Å². The molecule has 0 atom stereocenters. The molecule has 0 aliphatic carbocycles. The van der Waals surface area contributed by atoms with E-state index in [1.165, 1.54) is 18.2 Å². The zero-order valence-corrected chi connectivity index (χ0v) is 21.8. The van der Waals surface area contributed by atoms with Gasteiger partial charge in [0.1, 0.15) is 12.3 Å². The molecule has 0 radical (unpaired) electrons. The van der Waals surface area contributed by atoms with Gasteiger partial charge in [0.25, 0.3) is 10.0 Å². The monoisotopic (exact) mass is 514 g/mol. The van der Waals surface area contributed by atoms with Crippen molar-refractivity contribution in [2.24, 2.45) is 0 Å². The van der Waals surface area contributed by atoms with Crippen LogP contribution in [0.15, 0.2) is 77.7 Å². The predicted octanol–water partition coefficient (Wildman–Crippen LogP) is 5.38. The van der Waals surface area contributed by atoms with Crippen molar-refractivity contribution in [2.45, 2.75) is 44.6 Å². The van der Waals surface area contributed by atoms with Gasteiger partial charge in [0.2, 0.25) is 5.91 Å². The maximum atomic E-state index is 13.4. The highest BCUT2D eigenvalue weighted by Crippen LogP contribution is 2.26. The molecule has 1 amide bonds. The second-order valence-corrected chi connectivity index (χ2v) is 10.9. The molecule has 0 aliphatic rings. The summed E-state index contributed by atoms with van der Waals surface area (Å²) in [6.45, 7) is 5.91. The fourth-order valence-corrected chi connectivity index (χ4v) is 5.13. The average Bonchev–Trinajstić information content (AvgIpc) is 2.80. The Morgan fingerprint density at radius 2 is 1.74 bits per heavy atom. The first kappa shape index (κ1) is 26.6. The zero-order valence-electron chi connectivity index (χ0n) is 20.2. The molecule has 186 valence electrons. The van der Waals surface area contributed by atoms with E-state index in [0.717, 1.165) is 27.6 Å². The van der Waals surface area contributed by atoms with Gasteiger partial charge in [-0.05, 0) is 81.6 Å². The molecule has 8 heteroatoms. The topological polar surface area (TPSA) is 75.7 Å². The number of rotatable bonds is 11. The molecule has 0 heterocycles. The summed E-state index contributed by atoms with van der Waals surface area (Å²) in [4.78, 5) is 12.9. The fraction of sp³-hybridized carbons (Fsp3) is 0.296. The molecular weight excluding hydrogens is 484 g/mol. The van der Waals surface area contributed by atoms with Crippen molar-refractivity contribution in [1.29, 1.82) is 0 Å². The summed E-state index contributed by atoms with van der Waals surface area (Å²) >= 11 is 6.11. The Balaban J connectivity index is 1.66. The van der Waals surface area contributed by atoms with E-state index >= 15 is 0 Å². The average molecular weight is 515 g/mol. The molecule has 0 saturated heterocycles. The minimum absolute atomic E-state index is 0.100. The maximum absolute atomic E-state index is 13.4. The Hall–Kier alpha value is -3.03. The standard InChI is InChI=1S/C27H31ClN2O4S/c1-20(2)34-25-11-4-7-22(17-25)8-6-16-29-27(31)19-30(24-10-5-9-23(28)18-24)35(32,33)26-14-12-21(3)13-15-26/h4-5,7,9-15,17-18,20H,6,8,16,19H2,1-3H3,(H,29,31). The minimum atomic E-state index is -3.97. The van der Waals surface area contributed by atoms with Crippen molar-refractivity contribution in [3.63, 3.8) is 0 Å². The van der Waals surface area contributed by atoms with Gasteiger partial charge in [-0.2, -0.15) is 0 Å². The number of ether oxygens (including phenoxy) is 1. The van der Waals surface area contributed by atoms with Crippen LogP contribution < -0.4 is 14.4 Å². The lowest BCUT2D eigenvalue weighted by molar-refractivity contribution is -0.119. The van der Waals surface area contributed by atoms with Crippen molar-refractivity contribution < 1.29 is 17.9 Å². The van der Waals surface area contributed by atoms with Gasteiger partial charge in [0.15, 0.2) is 0 Å². The zero-order chi connectivity index (χ0) is 25.4. The molecule has 3 rings (SSSR count). The van der Waals surface area contributed by atoms with Gasteiger partial charge in [0.05, 0.1) is 16.7 Å². The molecule has 35 heavy (non-hydrogen) atoms. The van der Waals surface area contributed by atoms with Crippen LogP contribution in [0, 0.1) is 6.92 Å². The van der Waals surface area contributed by atoms with Crippen LogP contribution in [0.1, 0.15) is 31.4 Å². The van der Waals surface area contributed by atoms with Crippen molar-refractivity contribution in [2.75, 3.05) is 17.4 Å². The number of carbonyl (C=O) groups is 1. The maximum Gasteiger partial charge on any atom is 0.264 e. The first-order valence-corrected chi connectivity index (χ1v) is 13.3. The quantitative estimate of drug-likeness (QED) is 0.348. The van der Waals surface area contributed by atoms with Gasteiger partial charge in [-0.15, -0.1) is 0 Å². The molecule has 0 aliphatic heterocycles. The van der Waals surface area contributed by atoms with Gasteiger partial charge >= 0.3 is 0 Å². The number of nitrogens with one attached hydrogen (secondary N) is 1. The lowest BCUT2D eigenvalue weighted by Crippen LogP contribution is -2.41. The number of halogens is 1. The number of amides is 1. The number of nitrogens with zero attached hydrogens (tertiary/aromatic N) is 1. The van der Waals surface area contributed by atoms with Crippen molar-refractivity contribution in [3.05, 3.63) is 88.9 Å². The molecule has 0 unspecified atom stereocenters. The van der Waals surface area contributed by atoms with Gasteiger partial charge in [-0.25, -0.2) is 8.42 Å². The number of benzene rings is 3. The summed E-state index contributed by atoms with van der Waals surface area (Å²) in [7, 11) is -3.97. The summed E-state index contributed by atoms with van der Waals surface area (Å²) in [5, 5.41) is 3.22. The lowest BCUT2D eigenvalue weighted by Gasteiger charge is -2.24. The van der Waals surface area contributed by atoms with E-state index in [1.807, 2.05) is 45.0 Å². The molecule has 3 aromatic rings. The summed E-state index contributed by atoms with van der Waals surface area (Å²) in [5.41, 5.74) is 2.38. The summed E-state index contributed by atoms with van der Waals surface area (Å²) < 4.78 is 33.6. The molecule has 3 aromatic carbocycles. The van der Waals surface area contributed by atoms with Crippen LogP contribution in [0.4, 0.5) is 5.69 Å². The van der Waals surface area contributed by atoms with E-state index in [9.17, 15) is 13.2 Å². The van der Waals surface area contributed by atoms with Gasteiger partial charge < -0.3 is 10.1 Å². The number of aryl methyl sites for hydroxylation is 2. The number of sulfonamides is 1. The van der Waals surface area contributed by atoms with Gasteiger partial charge in [0, 0.05) is 11.6 Å².